The van der Waals surface area contributed by atoms with Crippen LogP contribution in [0, 0.1) is 10.1 Å². The third-order valence-corrected chi connectivity index (χ3v) is 2.45. The van der Waals surface area contributed by atoms with Crippen LogP contribution in [0.5, 0.6) is 5.75 Å². The number of carboxylic acids is 1. The van der Waals surface area contributed by atoms with Crippen LogP contribution in [0.4, 0.5) is 5.69 Å². The molecule has 0 fully saturated rings. The van der Waals surface area contributed by atoms with Gasteiger partial charge in [-0.3, -0.25) is 19.7 Å². The highest BCUT2D eigenvalue weighted by Crippen LogP contribution is 2.28. The van der Waals surface area contributed by atoms with Gasteiger partial charge in [0.05, 0.1) is 11.5 Å². The van der Waals surface area contributed by atoms with Crippen molar-refractivity contribution in [1.29, 1.82) is 0 Å². The van der Waals surface area contributed by atoms with Crippen molar-refractivity contribution in [3.63, 3.8) is 0 Å². The molecule has 8 heteroatoms. The monoisotopic (exact) mass is 282 g/mol. The molecule has 0 heterocycles. The number of carbonyl (C=O) groups excluding carboxylic acids is 1. The predicted octanol–water partition coefficient (Wildman–Crippen LogP) is 1.20. The number of nitrogens with one attached hydrogen (secondary N) is 1. The molecule has 0 bridgehead atoms. The fourth-order valence-electron chi connectivity index (χ4n) is 1.51. The van der Waals surface area contributed by atoms with E-state index in [0.29, 0.717) is 0 Å². The van der Waals surface area contributed by atoms with E-state index in [0.717, 1.165) is 6.07 Å². The number of hydrogen-bond acceptors (Lipinski definition) is 5. The lowest BCUT2D eigenvalue weighted by Gasteiger charge is -2.12. The van der Waals surface area contributed by atoms with Crippen LogP contribution in [0.1, 0.15) is 24.2 Å². The quantitative estimate of drug-likeness (QED) is 0.597. The number of nitro groups is 1. The second-order valence-corrected chi connectivity index (χ2v) is 3.87. The van der Waals surface area contributed by atoms with E-state index < -0.39 is 28.5 Å². The minimum atomic E-state index is -1.24. The Balaban J connectivity index is 3.21. The van der Waals surface area contributed by atoms with Gasteiger partial charge in [-0.05, 0) is 19.9 Å². The van der Waals surface area contributed by atoms with Gasteiger partial charge < -0.3 is 15.2 Å². The molecule has 0 spiro atoms. The van der Waals surface area contributed by atoms with E-state index in [1.807, 2.05) is 0 Å². The zero-order chi connectivity index (χ0) is 15.3. The summed E-state index contributed by atoms with van der Waals surface area (Å²) in [6.45, 7) is 3.14. The third kappa shape index (κ3) is 3.44. The number of hydrogen-bond donors (Lipinski definition) is 2. The first kappa shape index (κ1) is 15.4. The zero-order valence-corrected chi connectivity index (χ0v) is 11.0. The summed E-state index contributed by atoms with van der Waals surface area (Å²) < 4.78 is 5.18. The number of ether oxygens (including phenoxy) is 1. The maximum absolute atomic E-state index is 12.0. The third-order valence-electron chi connectivity index (χ3n) is 2.45. The molecule has 1 aromatic carbocycles. The fraction of sp³-hybridized carbons (Fsp3) is 0.333. The van der Waals surface area contributed by atoms with Crippen molar-refractivity contribution in [1.82, 2.24) is 5.32 Å². The highest BCUT2D eigenvalue weighted by Gasteiger charge is 2.27. The average molecular weight is 282 g/mol. The summed E-state index contributed by atoms with van der Waals surface area (Å²) in [5, 5.41) is 21.9. The van der Waals surface area contributed by atoms with Gasteiger partial charge in [-0.25, -0.2) is 0 Å². The van der Waals surface area contributed by atoms with Gasteiger partial charge in [-0.1, -0.05) is 6.07 Å². The Labute approximate surface area is 114 Å². The van der Waals surface area contributed by atoms with Crippen molar-refractivity contribution >= 4 is 17.6 Å². The second kappa shape index (κ2) is 6.50. The molecule has 8 nitrogen and oxygen atoms in total. The Morgan fingerprint density at radius 3 is 2.65 bits per heavy atom. The molecule has 0 aliphatic rings. The van der Waals surface area contributed by atoms with Crippen molar-refractivity contribution in [2.24, 2.45) is 0 Å². The lowest BCUT2D eigenvalue weighted by molar-refractivity contribution is -0.385. The minimum Gasteiger partial charge on any atom is -0.493 e. The van der Waals surface area contributed by atoms with Crippen LogP contribution in [0.15, 0.2) is 18.2 Å². The Morgan fingerprint density at radius 2 is 2.15 bits per heavy atom. The number of aliphatic carboxylic acids is 1. The maximum Gasteiger partial charge on any atom is 0.325 e. The SMILES string of the molecule is CCOc1cccc([N+](=O)[O-])c1C(=O)N[C@H](C)C(=O)O. The summed E-state index contributed by atoms with van der Waals surface area (Å²) in [5.41, 5.74) is -0.724. The summed E-state index contributed by atoms with van der Waals surface area (Å²) in [7, 11) is 0. The zero-order valence-electron chi connectivity index (χ0n) is 11.0. The van der Waals surface area contributed by atoms with Crippen molar-refractivity contribution in [3.05, 3.63) is 33.9 Å². The largest absolute Gasteiger partial charge is 0.493 e. The molecule has 1 aromatic rings. The summed E-state index contributed by atoms with van der Waals surface area (Å²) in [6, 6.07) is 2.79. The van der Waals surface area contributed by atoms with Crippen LogP contribution in [0.25, 0.3) is 0 Å². The summed E-state index contributed by atoms with van der Waals surface area (Å²) in [6.07, 6.45) is 0. The number of rotatable bonds is 6. The normalized spacial score (nSPS) is 11.5. The van der Waals surface area contributed by atoms with E-state index in [1.54, 1.807) is 6.92 Å². The lowest BCUT2D eigenvalue weighted by Crippen LogP contribution is -2.38. The molecule has 1 amide bonds. The Morgan fingerprint density at radius 1 is 1.50 bits per heavy atom. The summed E-state index contributed by atoms with van der Waals surface area (Å²) in [4.78, 5) is 33.0. The standard InChI is InChI=1S/C12H14N2O6/c1-3-20-9-6-4-5-8(14(18)19)10(9)11(15)13-7(2)12(16)17/h4-7H,3H2,1-2H3,(H,13,15)(H,16,17)/t7-/m1/s1. The van der Waals surface area contributed by atoms with E-state index in [-0.39, 0.29) is 17.9 Å². The van der Waals surface area contributed by atoms with Crippen LogP contribution < -0.4 is 10.1 Å². The molecule has 0 aromatic heterocycles. The molecule has 1 rings (SSSR count). The number of nitro benzene ring substituents is 1. The lowest BCUT2D eigenvalue weighted by atomic mass is 10.1. The molecular weight excluding hydrogens is 268 g/mol. The van der Waals surface area contributed by atoms with E-state index in [1.165, 1.54) is 19.1 Å². The van der Waals surface area contributed by atoms with Gasteiger partial charge in [0, 0.05) is 6.07 Å². The van der Waals surface area contributed by atoms with Crippen molar-refractivity contribution in [2.45, 2.75) is 19.9 Å². The molecule has 2 N–H and O–H groups in total. The van der Waals surface area contributed by atoms with Gasteiger partial charge in [-0.15, -0.1) is 0 Å². The first-order valence-electron chi connectivity index (χ1n) is 5.82. The van der Waals surface area contributed by atoms with E-state index in [4.69, 9.17) is 9.84 Å². The summed E-state index contributed by atoms with van der Waals surface area (Å²) >= 11 is 0. The van der Waals surface area contributed by atoms with Gasteiger partial charge in [0.25, 0.3) is 11.6 Å². The topological polar surface area (TPSA) is 119 Å². The Bertz CT molecular complexity index is 543. The number of amides is 1. The van der Waals surface area contributed by atoms with Gasteiger partial charge >= 0.3 is 5.97 Å². The van der Waals surface area contributed by atoms with Crippen LogP contribution in [0.2, 0.25) is 0 Å². The first-order chi connectivity index (χ1) is 9.38. The Kier molecular flexibility index (Phi) is 5.01. The van der Waals surface area contributed by atoms with Gasteiger partial charge in [0.2, 0.25) is 0 Å². The smallest absolute Gasteiger partial charge is 0.325 e. The number of benzene rings is 1. The second-order valence-electron chi connectivity index (χ2n) is 3.87. The van der Waals surface area contributed by atoms with Crippen molar-refractivity contribution < 1.29 is 24.4 Å². The van der Waals surface area contributed by atoms with Crippen LogP contribution >= 0.6 is 0 Å². The molecule has 0 saturated carbocycles. The Hall–Kier alpha value is -2.64. The highest BCUT2D eigenvalue weighted by molar-refractivity contribution is 6.02. The molecule has 0 aliphatic heterocycles. The molecule has 1 atom stereocenters. The highest BCUT2D eigenvalue weighted by atomic mass is 16.6. The number of carbonyl (C=O) groups is 2. The molecule has 0 aliphatic carbocycles. The molecular formula is C12H14N2O6. The van der Waals surface area contributed by atoms with Gasteiger partial charge in [0.1, 0.15) is 11.8 Å². The molecule has 20 heavy (non-hydrogen) atoms. The molecule has 0 radical (unpaired) electrons. The first-order valence-corrected chi connectivity index (χ1v) is 5.82. The number of carboxylic acid groups (broad SMARTS) is 1. The van der Waals surface area contributed by atoms with Crippen LogP contribution in [0.3, 0.4) is 0 Å². The van der Waals surface area contributed by atoms with Gasteiger partial charge in [-0.2, -0.15) is 0 Å². The van der Waals surface area contributed by atoms with Gasteiger partial charge in [0.15, 0.2) is 5.56 Å². The fourth-order valence-corrected chi connectivity index (χ4v) is 1.51. The summed E-state index contributed by atoms with van der Waals surface area (Å²) in [5.74, 6) is -2.07. The maximum atomic E-state index is 12.0. The molecule has 0 saturated heterocycles. The van der Waals surface area contributed by atoms with Crippen molar-refractivity contribution in [3.8, 4) is 5.75 Å². The van der Waals surface area contributed by atoms with Crippen molar-refractivity contribution in [2.75, 3.05) is 6.61 Å². The van der Waals surface area contributed by atoms with E-state index in [9.17, 15) is 19.7 Å². The number of nitrogens with zero attached hydrogens (tertiary/aromatic N) is 1. The van der Waals surface area contributed by atoms with E-state index in [2.05, 4.69) is 5.32 Å². The van der Waals surface area contributed by atoms with Crippen LogP contribution in [-0.4, -0.2) is 34.6 Å². The molecule has 108 valence electrons. The predicted molar refractivity (Wildman–Crippen MR) is 68.8 cm³/mol. The minimum absolute atomic E-state index is 0.0387. The average Bonchev–Trinajstić information content (AvgIpc) is 2.38. The molecule has 0 unspecified atom stereocenters. The van der Waals surface area contributed by atoms with E-state index >= 15 is 0 Å². The van der Waals surface area contributed by atoms with Crippen LogP contribution in [-0.2, 0) is 4.79 Å².